The van der Waals surface area contributed by atoms with E-state index in [1.807, 2.05) is 11.2 Å². The fraction of sp³-hybridized carbons (Fsp3) is 0.182. The highest BCUT2D eigenvalue weighted by Crippen LogP contribution is 2.30. The van der Waals surface area contributed by atoms with E-state index in [2.05, 4.69) is 12.7 Å². The van der Waals surface area contributed by atoms with Crippen molar-refractivity contribution in [2.75, 3.05) is 25.9 Å². The molecule has 1 heterocycles. The monoisotopic (exact) mass is 535 g/mol. The van der Waals surface area contributed by atoms with Gasteiger partial charge in [0.15, 0.2) is 0 Å². The topological polar surface area (TPSA) is 104 Å². The summed E-state index contributed by atoms with van der Waals surface area (Å²) in [5.74, 6) is -0.374. The van der Waals surface area contributed by atoms with Gasteiger partial charge in [-0.3, -0.25) is 4.79 Å². The first kappa shape index (κ1) is 22.6. The lowest BCUT2D eigenvalue weighted by atomic mass is 10.0. The van der Waals surface area contributed by atoms with Crippen LogP contribution in [-0.2, 0) is 0 Å². The van der Waals surface area contributed by atoms with Crippen LogP contribution < -0.4 is 15.8 Å². The first-order chi connectivity index (χ1) is 15.0. The summed E-state index contributed by atoms with van der Waals surface area (Å²) in [7, 11) is 1.44. The number of halogens is 2. The number of nitrogens with one attached hydrogen (secondary N) is 2. The van der Waals surface area contributed by atoms with Crippen LogP contribution in [0.25, 0.3) is 6.08 Å². The van der Waals surface area contributed by atoms with Crippen molar-refractivity contribution in [3.8, 4) is 5.75 Å². The van der Waals surface area contributed by atoms with E-state index in [0.29, 0.717) is 23.4 Å². The molecular weight excluding hydrogens is 512 g/mol. The fourth-order valence-electron chi connectivity index (χ4n) is 2.96. The maximum Gasteiger partial charge on any atom is 0.255 e. The smallest absolute Gasteiger partial charge is 0.255 e. The number of anilines is 1. The molecule has 0 saturated heterocycles. The number of benzene rings is 2. The number of methoxy groups -OCH3 is 1. The Morgan fingerprint density at radius 1 is 1.32 bits per heavy atom. The van der Waals surface area contributed by atoms with Gasteiger partial charge in [-0.25, -0.2) is 7.60 Å². The standard InChI is InChI=1S/C22H23FIN5O2/c1-31-21-17(22(30)27-11-2-12-29-13-24-28-14-29)8-10-19(26)20(21)18(25)9-5-15-3-6-16(23)7-4-15/h3-10,13-14,25H,2,11-12,26H2,1H3,(H,27,30)/b9-5+,25-18?. The molecule has 9 heteroatoms. The van der Waals surface area contributed by atoms with Crippen LogP contribution in [0.2, 0.25) is 0 Å². The van der Waals surface area contributed by atoms with E-state index in [1.165, 1.54) is 19.2 Å². The molecule has 0 aliphatic carbocycles. The minimum atomic E-state index is -0.329. The maximum atomic E-state index is 13.1. The van der Waals surface area contributed by atoms with E-state index in [9.17, 15) is 9.18 Å². The molecular formula is C22H23FIN5O2. The summed E-state index contributed by atoms with van der Waals surface area (Å²) in [6.45, 7) is 1.30. The molecule has 2 aromatic carbocycles. The second-order valence-electron chi connectivity index (χ2n) is 6.66. The number of hydrogen-bond donors (Lipinski definition) is 3. The van der Waals surface area contributed by atoms with Crippen LogP contribution >= 0.6 is 21.0 Å². The zero-order valence-corrected chi connectivity index (χ0v) is 19.1. The number of carbonyl (C=O) groups is 1. The van der Waals surface area contributed by atoms with Crippen molar-refractivity contribution in [2.24, 2.45) is 3.21 Å². The van der Waals surface area contributed by atoms with Crippen molar-refractivity contribution in [3.05, 3.63) is 65.0 Å². The molecule has 2 aromatic rings. The summed E-state index contributed by atoms with van der Waals surface area (Å²) in [4.78, 5) is 14.8. The van der Waals surface area contributed by atoms with Gasteiger partial charge in [0.25, 0.3) is 5.91 Å². The van der Waals surface area contributed by atoms with Crippen molar-refractivity contribution in [3.63, 3.8) is 0 Å². The lowest BCUT2D eigenvalue weighted by molar-refractivity contribution is 0.0950. The molecule has 1 amide bonds. The van der Waals surface area contributed by atoms with Crippen LogP contribution in [0, 0.1) is 11.2 Å². The third-order valence-corrected chi connectivity index (χ3v) is 6.05. The Kier molecular flexibility index (Phi) is 7.88. The summed E-state index contributed by atoms with van der Waals surface area (Å²) in [5, 5.41) is 11.3. The summed E-state index contributed by atoms with van der Waals surface area (Å²) in [6, 6.07) is 9.09. The Labute approximate surface area is 190 Å². The Bertz CT molecular complexity index is 1040. The summed E-state index contributed by atoms with van der Waals surface area (Å²) in [6.07, 6.45) is 5.82. The lowest BCUT2D eigenvalue weighted by Crippen LogP contribution is -2.28. The number of allylic oxidation sites excluding steroid dienone is 1. The Hall–Kier alpha value is -3.08. The Morgan fingerprint density at radius 3 is 2.77 bits per heavy atom. The van der Waals surface area contributed by atoms with Gasteiger partial charge in [0, 0.05) is 39.8 Å². The highest BCUT2D eigenvalue weighted by molar-refractivity contribution is 14.2. The Morgan fingerprint density at radius 2 is 2.10 bits per heavy atom. The van der Waals surface area contributed by atoms with Gasteiger partial charge in [0.2, 0.25) is 0 Å². The molecule has 7 nitrogen and oxygen atoms in total. The molecule has 0 spiro atoms. The third kappa shape index (κ3) is 5.97. The SMILES string of the molecule is COc1c(C(=O)NCCCN2C=NI=C2)ccc(N)c1C(=N)/C=C/c1ccc(F)cc1. The van der Waals surface area contributed by atoms with Crippen LogP contribution in [0.5, 0.6) is 5.75 Å². The van der Waals surface area contributed by atoms with Gasteiger partial charge in [0.05, 0.1) is 28.1 Å². The van der Waals surface area contributed by atoms with Gasteiger partial charge in [0.1, 0.15) is 17.9 Å². The number of nitrogens with two attached hydrogens (primary N) is 1. The minimum absolute atomic E-state index is 0.0838. The van der Waals surface area contributed by atoms with Crippen molar-refractivity contribution in [1.29, 1.82) is 5.41 Å². The number of nitrogens with zero attached hydrogens (tertiary/aromatic N) is 2. The third-order valence-electron chi connectivity index (χ3n) is 4.52. The van der Waals surface area contributed by atoms with E-state index < -0.39 is 0 Å². The minimum Gasteiger partial charge on any atom is -0.495 e. The highest BCUT2D eigenvalue weighted by Gasteiger charge is 2.20. The largest absolute Gasteiger partial charge is 0.495 e. The van der Waals surface area contributed by atoms with Gasteiger partial charge in [-0.2, -0.15) is 0 Å². The van der Waals surface area contributed by atoms with Crippen molar-refractivity contribution in [2.45, 2.75) is 6.42 Å². The zero-order chi connectivity index (χ0) is 22.2. The lowest BCUT2D eigenvalue weighted by Gasteiger charge is -2.16. The van der Waals surface area contributed by atoms with Crippen molar-refractivity contribution >= 4 is 54.9 Å². The van der Waals surface area contributed by atoms with Crippen LogP contribution in [-0.4, -0.2) is 47.2 Å². The number of rotatable bonds is 9. The van der Waals surface area contributed by atoms with Crippen molar-refractivity contribution < 1.29 is 13.9 Å². The predicted octanol–water partition coefficient (Wildman–Crippen LogP) is 3.61. The first-order valence-corrected chi connectivity index (χ1v) is 11.7. The second-order valence-corrected chi connectivity index (χ2v) is 8.34. The van der Waals surface area contributed by atoms with E-state index in [-0.39, 0.29) is 44.2 Å². The molecule has 0 fully saturated rings. The van der Waals surface area contributed by atoms with Gasteiger partial charge >= 0.3 is 0 Å². The van der Waals surface area contributed by atoms with E-state index in [1.54, 1.807) is 36.4 Å². The van der Waals surface area contributed by atoms with Gasteiger partial charge in [-0.15, -0.1) is 0 Å². The number of ether oxygens (including phenoxy) is 1. The molecule has 0 saturated carbocycles. The molecule has 3 rings (SSSR count). The summed E-state index contributed by atoms with van der Waals surface area (Å²) < 4.78 is 24.8. The molecule has 0 radical (unpaired) electrons. The zero-order valence-electron chi connectivity index (χ0n) is 16.9. The molecule has 0 unspecified atom stereocenters. The normalized spacial score (nSPS) is 12.8. The number of hydrogen-bond acceptors (Lipinski definition) is 6. The molecule has 31 heavy (non-hydrogen) atoms. The molecule has 1 aliphatic heterocycles. The predicted molar refractivity (Wildman–Crippen MR) is 132 cm³/mol. The molecule has 0 bridgehead atoms. The van der Waals surface area contributed by atoms with Gasteiger partial charge in [-0.1, -0.05) is 18.2 Å². The van der Waals surface area contributed by atoms with Crippen LogP contribution in [0.4, 0.5) is 10.1 Å². The van der Waals surface area contributed by atoms with Crippen molar-refractivity contribution in [1.82, 2.24) is 10.2 Å². The van der Waals surface area contributed by atoms with Crippen LogP contribution in [0.15, 0.2) is 45.7 Å². The van der Waals surface area contributed by atoms with E-state index >= 15 is 0 Å². The molecule has 0 atom stereocenters. The quantitative estimate of drug-likeness (QED) is 0.198. The number of nitrogen functional groups attached to an aromatic ring is 1. The van der Waals surface area contributed by atoms with Gasteiger partial charge < -0.3 is 26.1 Å². The second kappa shape index (κ2) is 10.8. The van der Waals surface area contributed by atoms with E-state index in [0.717, 1.165) is 18.5 Å². The fourth-order valence-corrected chi connectivity index (χ4v) is 4.31. The summed E-state index contributed by atoms with van der Waals surface area (Å²) >= 11 is -0.198. The molecule has 0 aromatic heterocycles. The summed E-state index contributed by atoms with van der Waals surface area (Å²) in [5.41, 5.74) is 7.89. The first-order valence-electron chi connectivity index (χ1n) is 9.52. The van der Waals surface area contributed by atoms with E-state index in [4.69, 9.17) is 15.9 Å². The van der Waals surface area contributed by atoms with Crippen LogP contribution in [0.1, 0.15) is 27.9 Å². The Balaban J connectivity index is 1.71. The number of carbonyl (C=O) groups excluding carboxylic acids is 1. The molecule has 1 aliphatic rings. The van der Waals surface area contributed by atoms with Gasteiger partial charge in [-0.05, 0) is 42.3 Å². The average molecular weight is 535 g/mol. The van der Waals surface area contributed by atoms with Crippen LogP contribution in [0.3, 0.4) is 0 Å². The molecule has 162 valence electrons. The molecule has 4 N–H and O–H groups in total. The maximum absolute atomic E-state index is 13.1. The number of amides is 1. The highest BCUT2D eigenvalue weighted by atomic mass is 127. The average Bonchev–Trinajstić information content (AvgIpc) is 3.29.